The summed E-state index contributed by atoms with van der Waals surface area (Å²) in [5.41, 5.74) is 1.61. The number of hydrogen-bond donors (Lipinski definition) is 0. The summed E-state index contributed by atoms with van der Waals surface area (Å²) in [5, 5.41) is 8.78. The normalized spacial score (nSPS) is 44.7. The molecule has 0 aromatic heterocycles. The molecular formula is C10H13N. The summed E-state index contributed by atoms with van der Waals surface area (Å²) < 4.78 is 0. The summed E-state index contributed by atoms with van der Waals surface area (Å²) in [7, 11) is 0. The number of nitriles is 1. The highest BCUT2D eigenvalue weighted by Crippen LogP contribution is 2.50. The molecule has 2 saturated carbocycles. The van der Waals surface area contributed by atoms with Crippen molar-refractivity contribution in [2.75, 3.05) is 0 Å². The Kier molecular flexibility index (Phi) is 1.49. The summed E-state index contributed by atoms with van der Waals surface area (Å²) in [6.45, 7) is 2.12. The Balaban J connectivity index is 2.16. The first-order valence-electron chi connectivity index (χ1n) is 4.40. The van der Waals surface area contributed by atoms with Crippen molar-refractivity contribution < 1.29 is 0 Å². The van der Waals surface area contributed by atoms with Crippen LogP contribution in [0.4, 0.5) is 0 Å². The molecule has 2 aliphatic rings. The van der Waals surface area contributed by atoms with Gasteiger partial charge in [0.1, 0.15) is 0 Å². The van der Waals surface area contributed by atoms with Crippen molar-refractivity contribution in [3.63, 3.8) is 0 Å². The first-order valence-corrected chi connectivity index (χ1v) is 4.40. The van der Waals surface area contributed by atoms with Gasteiger partial charge >= 0.3 is 0 Å². The smallest absolute Gasteiger partial charge is 0.0659 e. The third-order valence-corrected chi connectivity index (χ3v) is 3.25. The summed E-state index contributed by atoms with van der Waals surface area (Å²) in [6, 6.07) is 2.41. The molecule has 2 rings (SSSR count). The molecule has 1 nitrogen and oxygen atoms in total. The molecule has 58 valence electrons. The lowest BCUT2D eigenvalue weighted by Crippen LogP contribution is -2.09. The van der Waals surface area contributed by atoms with E-state index in [4.69, 9.17) is 5.26 Å². The van der Waals surface area contributed by atoms with Gasteiger partial charge in [0.25, 0.3) is 0 Å². The predicted molar refractivity (Wildman–Crippen MR) is 43.7 cm³/mol. The summed E-state index contributed by atoms with van der Waals surface area (Å²) in [4.78, 5) is 0. The largest absolute Gasteiger partial charge is 0.198 e. The molecular weight excluding hydrogens is 134 g/mol. The lowest BCUT2D eigenvalue weighted by molar-refractivity contribution is 0.457. The van der Waals surface area contributed by atoms with Crippen LogP contribution in [0.1, 0.15) is 26.2 Å². The van der Waals surface area contributed by atoms with E-state index in [0.717, 1.165) is 12.3 Å². The molecule has 11 heavy (non-hydrogen) atoms. The van der Waals surface area contributed by atoms with Crippen molar-refractivity contribution in [1.82, 2.24) is 0 Å². The Hall–Kier alpha value is -0.770. The van der Waals surface area contributed by atoms with E-state index in [1.54, 1.807) is 5.57 Å². The van der Waals surface area contributed by atoms with Crippen molar-refractivity contribution in [3.05, 3.63) is 11.6 Å². The van der Waals surface area contributed by atoms with Gasteiger partial charge in [0.2, 0.25) is 0 Å². The lowest BCUT2D eigenvalue weighted by atomic mass is 9.87. The predicted octanol–water partition coefficient (Wildman–Crippen LogP) is 2.50. The van der Waals surface area contributed by atoms with E-state index in [-0.39, 0.29) is 0 Å². The molecule has 0 spiro atoms. The zero-order chi connectivity index (χ0) is 7.84. The summed E-state index contributed by atoms with van der Waals surface area (Å²) in [5.74, 6) is 1.86. The zero-order valence-corrected chi connectivity index (χ0v) is 6.88. The fraction of sp³-hybridized carbons (Fsp3) is 0.700. The fourth-order valence-corrected chi connectivity index (χ4v) is 2.63. The van der Waals surface area contributed by atoms with Gasteiger partial charge in [-0.05, 0) is 38.0 Å². The molecule has 0 aromatic carbocycles. The van der Waals surface area contributed by atoms with E-state index in [1.807, 2.05) is 0 Å². The quantitative estimate of drug-likeness (QED) is 0.483. The van der Waals surface area contributed by atoms with Gasteiger partial charge in [-0.2, -0.15) is 5.26 Å². The number of fused-ring (bicyclic) bond motifs is 2. The minimum Gasteiger partial charge on any atom is -0.198 e. The minimum absolute atomic E-state index is 0.378. The molecule has 2 aliphatic carbocycles. The molecule has 1 unspecified atom stereocenters. The number of allylic oxidation sites excluding steroid dienone is 2. The number of rotatable bonds is 0. The Labute approximate surface area is 67.7 Å². The highest BCUT2D eigenvalue weighted by Gasteiger charge is 2.42. The van der Waals surface area contributed by atoms with Crippen molar-refractivity contribution in [3.8, 4) is 6.07 Å². The van der Waals surface area contributed by atoms with Crippen LogP contribution in [0.2, 0.25) is 0 Å². The Morgan fingerprint density at radius 3 is 2.82 bits per heavy atom. The van der Waals surface area contributed by atoms with Crippen molar-refractivity contribution >= 4 is 0 Å². The molecule has 0 radical (unpaired) electrons. The van der Waals surface area contributed by atoms with Crippen LogP contribution < -0.4 is 0 Å². The molecule has 1 heteroatoms. The second kappa shape index (κ2) is 2.37. The van der Waals surface area contributed by atoms with Gasteiger partial charge in [-0.3, -0.25) is 0 Å². The number of nitrogens with zero attached hydrogens (tertiary/aromatic N) is 1. The molecule has 2 bridgehead atoms. The van der Waals surface area contributed by atoms with Crippen molar-refractivity contribution in [2.24, 2.45) is 17.8 Å². The van der Waals surface area contributed by atoms with Gasteiger partial charge in [0.05, 0.1) is 12.0 Å². The van der Waals surface area contributed by atoms with E-state index in [0.29, 0.717) is 11.8 Å². The maximum Gasteiger partial charge on any atom is 0.0659 e. The van der Waals surface area contributed by atoms with Gasteiger partial charge in [-0.25, -0.2) is 0 Å². The first kappa shape index (κ1) is 6.91. The Morgan fingerprint density at radius 1 is 1.55 bits per heavy atom. The van der Waals surface area contributed by atoms with Gasteiger partial charge in [-0.15, -0.1) is 0 Å². The minimum atomic E-state index is 0.378. The van der Waals surface area contributed by atoms with Gasteiger partial charge in [-0.1, -0.05) is 11.6 Å². The first-order chi connectivity index (χ1) is 5.35. The zero-order valence-electron chi connectivity index (χ0n) is 6.88. The highest BCUT2D eigenvalue weighted by atomic mass is 14.5. The lowest BCUT2D eigenvalue weighted by Gasteiger charge is -2.16. The number of hydrogen-bond acceptors (Lipinski definition) is 1. The third kappa shape index (κ3) is 0.894. The van der Waals surface area contributed by atoms with Crippen LogP contribution >= 0.6 is 0 Å². The van der Waals surface area contributed by atoms with E-state index >= 15 is 0 Å². The highest BCUT2D eigenvalue weighted by molar-refractivity contribution is 5.20. The monoisotopic (exact) mass is 147 g/mol. The Bertz CT molecular complexity index is 234. The summed E-state index contributed by atoms with van der Waals surface area (Å²) in [6.07, 6.45) is 5.89. The molecule has 0 amide bonds. The maximum absolute atomic E-state index is 8.78. The van der Waals surface area contributed by atoms with E-state index in [2.05, 4.69) is 19.1 Å². The molecule has 0 aromatic rings. The fourth-order valence-electron chi connectivity index (χ4n) is 2.63. The van der Waals surface area contributed by atoms with Crippen molar-refractivity contribution in [1.29, 1.82) is 5.26 Å². The van der Waals surface area contributed by atoms with Gasteiger partial charge < -0.3 is 0 Å². The van der Waals surface area contributed by atoms with Crippen LogP contribution in [-0.2, 0) is 0 Å². The molecule has 3 atom stereocenters. The molecule has 0 N–H and O–H groups in total. The molecule has 2 fully saturated rings. The van der Waals surface area contributed by atoms with Crippen LogP contribution in [0, 0.1) is 29.1 Å². The van der Waals surface area contributed by atoms with Crippen LogP contribution in [0.3, 0.4) is 0 Å². The van der Waals surface area contributed by atoms with E-state index in [9.17, 15) is 0 Å². The Morgan fingerprint density at radius 2 is 2.36 bits per heavy atom. The molecule has 0 heterocycles. The van der Waals surface area contributed by atoms with E-state index in [1.165, 1.54) is 12.8 Å². The average Bonchev–Trinajstić information content (AvgIpc) is 2.60. The maximum atomic E-state index is 8.78. The van der Waals surface area contributed by atoms with Gasteiger partial charge in [0, 0.05) is 0 Å². The molecule has 0 aliphatic heterocycles. The summed E-state index contributed by atoms with van der Waals surface area (Å²) >= 11 is 0. The third-order valence-electron chi connectivity index (χ3n) is 3.25. The van der Waals surface area contributed by atoms with Crippen LogP contribution in [0.15, 0.2) is 11.6 Å². The topological polar surface area (TPSA) is 23.8 Å². The second-order valence-electron chi connectivity index (χ2n) is 3.73. The standard InChI is InChI=1S/C10H13N/c1-2-7-3-9-4-8(7)5-10(9)6-11/h2,8-10H,3-5H2,1H3/t8-,9+,10?/m0/s1. The average molecular weight is 147 g/mol. The van der Waals surface area contributed by atoms with E-state index < -0.39 is 0 Å². The van der Waals surface area contributed by atoms with Crippen LogP contribution in [0.25, 0.3) is 0 Å². The van der Waals surface area contributed by atoms with Crippen molar-refractivity contribution in [2.45, 2.75) is 26.2 Å². The van der Waals surface area contributed by atoms with Crippen LogP contribution in [-0.4, -0.2) is 0 Å². The SMILES string of the molecule is CC=C1C[C@@H]2C[C@H]1CC2C#N. The molecule has 0 saturated heterocycles. The van der Waals surface area contributed by atoms with Crippen LogP contribution in [0.5, 0.6) is 0 Å². The second-order valence-corrected chi connectivity index (χ2v) is 3.73. The van der Waals surface area contributed by atoms with Gasteiger partial charge in [0.15, 0.2) is 0 Å².